The van der Waals surface area contributed by atoms with E-state index in [1.54, 1.807) is 25.3 Å². The Morgan fingerprint density at radius 3 is 2.88 bits per heavy atom. The molecule has 0 saturated heterocycles. The zero-order valence-electron chi connectivity index (χ0n) is 15.0. The van der Waals surface area contributed by atoms with Gasteiger partial charge in [0, 0.05) is 6.20 Å². The number of allylic oxidation sites excluding steroid dienone is 1. The van der Waals surface area contributed by atoms with E-state index in [4.69, 9.17) is 14.6 Å². The fourth-order valence-corrected chi connectivity index (χ4v) is 2.91. The summed E-state index contributed by atoms with van der Waals surface area (Å²) in [6.07, 6.45) is 4.95. The number of nitrogens with one attached hydrogen (secondary N) is 1. The minimum absolute atomic E-state index is 0.310. The van der Waals surface area contributed by atoms with E-state index in [9.17, 15) is 4.79 Å². The van der Waals surface area contributed by atoms with E-state index in [1.165, 1.54) is 0 Å². The first-order valence-electron chi connectivity index (χ1n) is 8.40. The normalized spacial score (nSPS) is 15.4. The number of aliphatic imine (C=N–C) groups is 1. The number of carbonyl (C=O) groups excluding carboxylic acids is 1. The third kappa shape index (κ3) is 3.17. The Hall–Kier alpha value is -2.61. The summed E-state index contributed by atoms with van der Waals surface area (Å²) in [6, 6.07) is 0. The lowest BCUT2D eigenvalue weighted by Gasteiger charge is -2.29. The molecule has 0 aromatic carbocycles. The first kappa shape index (κ1) is 17.2. The van der Waals surface area contributed by atoms with Gasteiger partial charge in [0.25, 0.3) is 0 Å². The third-order valence-corrected chi connectivity index (χ3v) is 4.08. The van der Waals surface area contributed by atoms with Crippen molar-refractivity contribution in [2.45, 2.75) is 33.6 Å². The molecule has 3 rings (SSSR count). The van der Waals surface area contributed by atoms with Crippen LogP contribution in [0.4, 0.5) is 22.0 Å². The van der Waals surface area contributed by atoms with E-state index in [0.29, 0.717) is 30.5 Å². The molecule has 0 fully saturated rings. The first-order chi connectivity index (χ1) is 12.1. The highest BCUT2D eigenvalue weighted by Gasteiger charge is 2.33. The smallest absolute Gasteiger partial charge is 0.411 e. The molecule has 1 aromatic heterocycles. The average molecular weight is 345 g/mol. The molecule has 8 nitrogen and oxygen atoms in total. The van der Waals surface area contributed by atoms with E-state index in [1.807, 2.05) is 18.0 Å². The van der Waals surface area contributed by atoms with Gasteiger partial charge in [-0.3, -0.25) is 10.2 Å². The highest BCUT2D eigenvalue weighted by Crippen LogP contribution is 2.43. The van der Waals surface area contributed by atoms with E-state index < -0.39 is 6.09 Å². The summed E-state index contributed by atoms with van der Waals surface area (Å²) in [7, 11) is 1.63. The van der Waals surface area contributed by atoms with Crippen molar-refractivity contribution in [2.24, 2.45) is 4.99 Å². The fourth-order valence-electron chi connectivity index (χ4n) is 2.91. The number of aromatic nitrogens is 1. The van der Waals surface area contributed by atoms with Crippen molar-refractivity contribution in [1.29, 1.82) is 0 Å². The lowest BCUT2D eigenvalue weighted by molar-refractivity contribution is -0.0790. The summed E-state index contributed by atoms with van der Waals surface area (Å²) >= 11 is 0. The summed E-state index contributed by atoms with van der Waals surface area (Å²) in [5.74, 6) is 0.697. The number of nitrogens with zero attached hydrogens (tertiary/aromatic N) is 4. The molecule has 1 N–H and O–H groups in total. The minimum atomic E-state index is -0.493. The number of ether oxygens (including phenoxy) is 1. The number of pyridine rings is 1. The van der Waals surface area contributed by atoms with Gasteiger partial charge in [-0.1, -0.05) is 13.3 Å². The van der Waals surface area contributed by atoms with Crippen LogP contribution in [0.5, 0.6) is 0 Å². The lowest BCUT2D eigenvalue weighted by atomic mass is 10.1. The quantitative estimate of drug-likeness (QED) is 0.882. The summed E-state index contributed by atoms with van der Waals surface area (Å²) in [6.45, 7) is 6.60. The molecule has 25 heavy (non-hydrogen) atoms. The number of amides is 1. The molecule has 0 atom stereocenters. The second-order valence-corrected chi connectivity index (χ2v) is 5.83. The van der Waals surface area contributed by atoms with Crippen molar-refractivity contribution < 1.29 is 14.4 Å². The van der Waals surface area contributed by atoms with Crippen molar-refractivity contribution in [2.75, 3.05) is 30.6 Å². The van der Waals surface area contributed by atoms with Crippen molar-refractivity contribution >= 4 is 29.0 Å². The molecule has 8 heteroatoms. The summed E-state index contributed by atoms with van der Waals surface area (Å²) in [4.78, 5) is 28.7. The van der Waals surface area contributed by atoms with Crippen molar-refractivity contribution in [3.63, 3.8) is 0 Å². The monoisotopic (exact) mass is 345 g/mol. The van der Waals surface area contributed by atoms with Gasteiger partial charge in [-0.15, -0.1) is 0 Å². The number of hydroxylamine groups is 2. The maximum absolute atomic E-state index is 11.9. The fraction of sp³-hybridized carbons (Fsp3) is 0.471. The molecule has 1 aromatic rings. The Kier molecular flexibility index (Phi) is 4.89. The van der Waals surface area contributed by atoms with E-state index in [-0.39, 0.29) is 0 Å². The predicted molar refractivity (Wildman–Crippen MR) is 95.9 cm³/mol. The molecule has 2 aliphatic heterocycles. The van der Waals surface area contributed by atoms with Gasteiger partial charge in [-0.05, 0) is 25.8 Å². The van der Waals surface area contributed by atoms with Gasteiger partial charge in [0.2, 0.25) is 0 Å². The summed E-state index contributed by atoms with van der Waals surface area (Å²) in [5.41, 5.74) is 4.06. The second kappa shape index (κ2) is 7.10. The minimum Gasteiger partial charge on any atom is -0.450 e. The van der Waals surface area contributed by atoms with E-state index in [2.05, 4.69) is 17.2 Å². The van der Waals surface area contributed by atoms with Crippen LogP contribution < -0.4 is 10.2 Å². The number of aryl methyl sites for hydroxylation is 1. The van der Waals surface area contributed by atoms with Crippen LogP contribution in [0, 0.1) is 6.92 Å². The van der Waals surface area contributed by atoms with Crippen LogP contribution >= 0.6 is 0 Å². The van der Waals surface area contributed by atoms with Crippen molar-refractivity contribution in [3.05, 3.63) is 23.7 Å². The van der Waals surface area contributed by atoms with Crippen LogP contribution in [0.3, 0.4) is 0 Å². The maximum atomic E-state index is 11.9. The van der Waals surface area contributed by atoms with Gasteiger partial charge < -0.3 is 9.64 Å². The predicted octanol–water partition coefficient (Wildman–Crippen LogP) is 3.33. The lowest BCUT2D eigenvalue weighted by Crippen LogP contribution is -2.31. The topological polar surface area (TPSA) is 79.3 Å². The van der Waals surface area contributed by atoms with Crippen LogP contribution in [0.1, 0.15) is 32.3 Å². The molecular weight excluding hydrogens is 322 g/mol. The molecule has 0 bridgehead atoms. The van der Waals surface area contributed by atoms with Gasteiger partial charge in [0.05, 0.1) is 37.0 Å². The molecule has 0 radical (unpaired) electrons. The summed E-state index contributed by atoms with van der Waals surface area (Å²) < 4.78 is 5.02. The van der Waals surface area contributed by atoms with Gasteiger partial charge in [-0.25, -0.2) is 19.8 Å². The zero-order valence-corrected chi connectivity index (χ0v) is 15.0. The number of fused-ring (bicyclic) bond motifs is 3. The SMILES string of the molecule is CCCC1=Nc2c(ncc(C)c2NC(=O)OCC)N2CN(OC)C=C12. The van der Waals surface area contributed by atoms with Gasteiger partial charge in [0.15, 0.2) is 5.82 Å². The highest BCUT2D eigenvalue weighted by atomic mass is 16.7. The van der Waals surface area contributed by atoms with E-state index in [0.717, 1.165) is 29.8 Å². The number of hydrogen-bond acceptors (Lipinski definition) is 7. The van der Waals surface area contributed by atoms with Crippen LogP contribution in [-0.2, 0) is 9.57 Å². The molecule has 0 aliphatic carbocycles. The number of hydrogen-bond donors (Lipinski definition) is 1. The van der Waals surface area contributed by atoms with Gasteiger partial charge >= 0.3 is 6.09 Å². The Labute approximate surface area is 147 Å². The first-order valence-corrected chi connectivity index (χ1v) is 8.40. The average Bonchev–Trinajstić information content (AvgIpc) is 3.03. The van der Waals surface area contributed by atoms with Crippen LogP contribution in [0.15, 0.2) is 23.1 Å². The maximum Gasteiger partial charge on any atom is 0.411 e. The molecule has 0 unspecified atom stereocenters. The number of carbonyl (C=O) groups is 1. The van der Waals surface area contributed by atoms with Crippen LogP contribution in [0.2, 0.25) is 0 Å². The Morgan fingerprint density at radius 2 is 2.20 bits per heavy atom. The van der Waals surface area contributed by atoms with Gasteiger partial charge in [0.1, 0.15) is 12.4 Å². The largest absolute Gasteiger partial charge is 0.450 e. The number of anilines is 2. The van der Waals surface area contributed by atoms with Gasteiger partial charge in [-0.2, -0.15) is 0 Å². The van der Waals surface area contributed by atoms with Crippen LogP contribution in [0.25, 0.3) is 0 Å². The number of rotatable bonds is 5. The standard InChI is InChI=1S/C17H23N5O3/c1-5-7-12-13-9-21(24-4)10-22(13)16-15(19-12)14(11(3)8-18-16)20-17(23)25-6-2/h8-9H,5-7,10H2,1-4H3,(H,18,20,23). The van der Waals surface area contributed by atoms with E-state index >= 15 is 0 Å². The molecule has 0 saturated carbocycles. The summed E-state index contributed by atoms with van der Waals surface area (Å²) in [5, 5.41) is 4.54. The van der Waals surface area contributed by atoms with Crippen molar-refractivity contribution in [3.8, 4) is 0 Å². The second-order valence-electron chi connectivity index (χ2n) is 5.83. The molecular formula is C17H23N5O3. The zero-order chi connectivity index (χ0) is 18.0. The highest BCUT2D eigenvalue weighted by molar-refractivity contribution is 6.10. The molecule has 0 spiro atoms. The Balaban J connectivity index is 2.07. The molecule has 3 heterocycles. The Bertz CT molecular complexity index is 744. The van der Waals surface area contributed by atoms with Crippen molar-refractivity contribution in [1.82, 2.24) is 10.0 Å². The third-order valence-electron chi connectivity index (χ3n) is 4.08. The Morgan fingerprint density at radius 1 is 1.40 bits per heavy atom. The molecule has 2 aliphatic rings. The molecule has 134 valence electrons. The molecule has 1 amide bonds. The van der Waals surface area contributed by atoms with Crippen LogP contribution in [-0.4, -0.2) is 42.2 Å².